The van der Waals surface area contributed by atoms with Crippen molar-refractivity contribution in [3.63, 3.8) is 0 Å². The fourth-order valence-corrected chi connectivity index (χ4v) is 3.03. The molecular formula is C20H16BrNO5. The van der Waals surface area contributed by atoms with E-state index in [0.29, 0.717) is 22.4 Å². The van der Waals surface area contributed by atoms with E-state index >= 15 is 0 Å². The van der Waals surface area contributed by atoms with Crippen LogP contribution in [0.15, 0.2) is 51.4 Å². The maximum absolute atomic E-state index is 12.3. The van der Waals surface area contributed by atoms with Crippen molar-refractivity contribution >= 4 is 50.2 Å². The number of aryl methyl sites for hydroxylation is 1. The van der Waals surface area contributed by atoms with E-state index in [1.54, 1.807) is 43.3 Å². The molecule has 0 aliphatic rings. The third-order valence-corrected chi connectivity index (χ3v) is 4.49. The second kappa shape index (κ2) is 7.75. The number of hydrogen-bond acceptors (Lipinski definition) is 5. The van der Waals surface area contributed by atoms with Crippen LogP contribution >= 0.6 is 15.9 Å². The Morgan fingerprint density at radius 3 is 2.63 bits per heavy atom. The summed E-state index contributed by atoms with van der Waals surface area (Å²) in [6, 6.07) is 12.0. The number of nitrogens with one attached hydrogen (secondary N) is 1. The molecule has 3 aromatic rings. The molecule has 0 spiro atoms. The van der Waals surface area contributed by atoms with Crippen LogP contribution in [0.25, 0.3) is 11.0 Å². The Hall–Kier alpha value is -2.93. The number of hydrogen-bond donors (Lipinski definition) is 1. The number of fused-ring (bicyclic) bond motifs is 1. The van der Waals surface area contributed by atoms with Gasteiger partial charge in [0.2, 0.25) is 5.76 Å². The fraction of sp³-hybridized carbons (Fsp3) is 0.150. The Labute approximate surface area is 163 Å². The van der Waals surface area contributed by atoms with Gasteiger partial charge in [-0.1, -0.05) is 28.1 Å². The Morgan fingerprint density at radius 1 is 1.15 bits per heavy atom. The summed E-state index contributed by atoms with van der Waals surface area (Å²) in [5.41, 5.74) is 1.95. The summed E-state index contributed by atoms with van der Waals surface area (Å²) in [4.78, 5) is 36.0. The summed E-state index contributed by atoms with van der Waals surface area (Å²) >= 11 is 3.38. The zero-order valence-electron chi connectivity index (χ0n) is 14.7. The van der Waals surface area contributed by atoms with Crippen molar-refractivity contribution in [1.29, 1.82) is 0 Å². The van der Waals surface area contributed by atoms with Crippen molar-refractivity contribution in [2.45, 2.75) is 13.8 Å². The summed E-state index contributed by atoms with van der Waals surface area (Å²) < 4.78 is 11.5. The van der Waals surface area contributed by atoms with E-state index in [1.807, 2.05) is 6.07 Å². The van der Waals surface area contributed by atoms with Crippen LogP contribution in [-0.4, -0.2) is 24.3 Å². The predicted molar refractivity (Wildman–Crippen MR) is 104 cm³/mol. The molecule has 0 saturated heterocycles. The summed E-state index contributed by atoms with van der Waals surface area (Å²) in [5, 5.41) is 3.36. The number of carbonyl (C=O) groups excluding carboxylic acids is 3. The summed E-state index contributed by atoms with van der Waals surface area (Å²) in [5.74, 6) is -1.39. The normalized spacial score (nSPS) is 10.6. The van der Waals surface area contributed by atoms with Crippen LogP contribution in [0.5, 0.6) is 0 Å². The monoisotopic (exact) mass is 429 g/mol. The highest BCUT2D eigenvalue weighted by atomic mass is 79.9. The highest BCUT2D eigenvalue weighted by molar-refractivity contribution is 9.10. The quantitative estimate of drug-likeness (QED) is 0.476. The maximum atomic E-state index is 12.3. The average Bonchev–Trinajstić information content (AvgIpc) is 2.96. The molecule has 1 N–H and O–H groups in total. The number of halogens is 1. The van der Waals surface area contributed by atoms with Crippen molar-refractivity contribution in [1.82, 2.24) is 0 Å². The van der Waals surface area contributed by atoms with Crippen molar-refractivity contribution in [2.24, 2.45) is 0 Å². The summed E-state index contributed by atoms with van der Waals surface area (Å²) in [6.07, 6.45) is 0. The first-order valence-electron chi connectivity index (χ1n) is 8.12. The molecule has 1 aromatic heterocycles. The topological polar surface area (TPSA) is 85.6 Å². The molecule has 27 heavy (non-hydrogen) atoms. The van der Waals surface area contributed by atoms with Crippen LogP contribution in [0.3, 0.4) is 0 Å². The molecule has 7 heteroatoms. The molecule has 3 rings (SSSR count). The van der Waals surface area contributed by atoms with Crippen LogP contribution in [0.1, 0.15) is 33.4 Å². The minimum Gasteiger partial charge on any atom is -0.450 e. The Bertz CT molecular complexity index is 1050. The van der Waals surface area contributed by atoms with Gasteiger partial charge in [0, 0.05) is 21.0 Å². The zero-order chi connectivity index (χ0) is 19.6. The van der Waals surface area contributed by atoms with Crippen molar-refractivity contribution in [3.8, 4) is 0 Å². The first-order chi connectivity index (χ1) is 12.9. The van der Waals surface area contributed by atoms with Crippen LogP contribution in [-0.2, 0) is 9.53 Å². The van der Waals surface area contributed by atoms with Gasteiger partial charge in [0.05, 0.1) is 5.69 Å². The van der Waals surface area contributed by atoms with E-state index < -0.39 is 18.5 Å². The van der Waals surface area contributed by atoms with Gasteiger partial charge >= 0.3 is 5.97 Å². The first kappa shape index (κ1) is 18.8. The number of ketones is 1. The number of para-hydroxylation sites is 1. The smallest absolute Gasteiger partial charge is 0.375 e. The van der Waals surface area contributed by atoms with E-state index in [9.17, 15) is 14.4 Å². The second-order valence-corrected chi connectivity index (χ2v) is 6.84. The SMILES string of the molecule is CC(=O)c1ccccc1NC(=O)COC(=O)c1oc2ccc(Br)cc2c1C. The lowest BCUT2D eigenvalue weighted by molar-refractivity contribution is -0.119. The lowest BCUT2D eigenvalue weighted by Gasteiger charge is -2.09. The highest BCUT2D eigenvalue weighted by Crippen LogP contribution is 2.28. The number of rotatable bonds is 5. The van der Waals surface area contributed by atoms with Gasteiger partial charge in [0.1, 0.15) is 5.58 Å². The van der Waals surface area contributed by atoms with E-state index in [-0.39, 0.29) is 11.5 Å². The van der Waals surface area contributed by atoms with Gasteiger partial charge in [-0.25, -0.2) is 4.79 Å². The molecule has 0 saturated carbocycles. The van der Waals surface area contributed by atoms with E-state index in [2.05, 4.69) is 21.2 Å². The van der Waals surface area contributed by atoms with Crippen LogP contribution < -0.4 is 5.32 Å². The zero-order valence-corrected chi connectivity index (χ0v) is 16.3. The molecule has 138 valence electrons. The predicted octanol–water partition coefficient (Wildman–Crippen LogP) is 4.50. The molecule has 1 amide bonds. The molecular weight excluding hydrogens is 414 g/mol. The lowest BCUT2D eigenvalue weighted by Crippen LogP contribution is -2.22. The van der Waals surface area contributed by atoms with Gasteiger partial charge < -0.3 is 14.5 Å². The molecule has 1 heterocycles. The second-order valence-electron chi connectivity index (χ2n) is 5.92. The number of benzene rings is 2. The Morgan fingerprint density at radius 2 is 1.89 bits per heavy atom. The van der Waals surface area contributed by atoms with Crippen molar-refractivity contribution in [3.05, 3.63) is 63.8 Å². The third-order valence-electron chi connectivity index (χ3n) is 4.00. The number of carbonyl (C=O) groups is 3. The fourth-order valence-electron chi connectivity index (χ4n) is 2.67. The lowest BCUT2D eigenvalue weighted by atomic mass is 10.1. The van der Waals surface area contributed by atoms with Crippen LogP contribution in [0.4, 0.5) is 5.69 Å². The van der Waals surface area contributed by atoms with E-state index in [1.165, 1.54) is 6.92 Å². The maximum Gasteiger partial charge on any atom is 0.375 e. The highest BCUT2D eigenvalue weighted by Gasteiger charge is 2.20. The molecule has 2 aromatic carbocycles. The minimum atomic E-state index is -0.727. The van der Waals surface area contributed by atoms with E-state index in [0.717, 1.165) is 9.86 Å². The standard InChI is InChI=1S/C20H16BrNO5/c1-11-15-9-13(21)7-8-17(15)27-19(11)20(25)26-10-18(24)22-16-6-4-3-5-14(16)12(2)23/h3-9H,10H2,1-2H3,(H,22,24). The third kappa shape index (κ3) is 4.09. The number of ether oxygens (including phenoxy) is 1. The van der Waals surface area contributed by atoms with Crippen LogP contribution in [0.2, 0.25) is 0 Å². The first-order valence-corrected chi connectivity index (χ1v) is 8.91. The van der Waals surface area contributed by atoms with Crippen molar-refractivity contribution in [2.75, 3.05) is 11.9 Å². The van der Waals surface area contributed by atoms with Gasteiger partial charge in [0.25, 0.3) is 5.91 Å². The molecule has 0 radical (unpaired) electrons. The molecule has 0 bridgehead atoms. The van der Waals surface area contributed by atoms with Crippen molar-refractivity contribution < 1.29 is 23.5 Å². The van der Waals surface area contributed by atoms with E-state index in [4.69, 9.17) is 9.15 Å². The van der Waals surface area contributed by atoms with Crippen LogP contribution in [0, 0.1) is 6.92 Å². The Balaban J connectivity index is 1.68. The van der Waals surface area contributed by atoms with Gasteiger partial charge in [-0.2, -0.15) is 0 Å². The largest absolute Gasteiger partial charge is 0.450 e. The number of anilines is 1. The molecule has 6 nitrogen and oxygen atoms in total. The summed E-state index contributed by atoms with van der Waals surface area (Å²) in [6.45, 7) is 2.66. The summed E-state index contributed by atoms with van der Waals surface area (Å²) in [7, 11) is 0. The van der Waals surface area contributed by atoms with Gasteiger partial charge in [-0.05, 0) is 44.2 Å². The number of amides is 1. The number of furan rings is 1. The molecule has 0 aliphatic heterocycles. The number of esters is 1. The van der Waals surface area contributed by atoms with Gasteiger partial charge in [-0.3, -0.25) is 9.59 Å². The Kier molecular flexibility index (Phi) is 5.41. The number of Topliss-reactive ketones (excluding diaryl/α,β-unsaturated/α-hetero) is 1. The average molecular weight is 430 g/mol. The minimum absolute atomic E-state index is 0.0556. The molecule has 0 aliphatic carbocycles. The molecule has 0 fully saturated rings. The van der Waals surface area contributed by atoms with Gasteiger partial charge in [0.15, 0.2) is 12.4 Å². The molecule has 0 atom stereocenters. The van der Waals surface area contributed by atoms with Gasteiger partial charge in [-0.15, -0.1) is 0 Å². The molecule has 0 unspecified atom stereocenters.